The van der Waals surface area contributed by atoms with Gasteiger partial charge in [0.05, 0.1) is 7.11 Å². The van der Waals surface area contributed by atoms with Crippen LogP contribution in [0, 0.1) is 6.92 Å². The predicted octanol–water partition coefficient (Wildman–Crippen LogP) is 4.37. The van der Waals surface area contributed by atoms with Gasteiger partial charge >= 0.3 is 0 Å². The highest BCUT2D eigenvalue weighted by atomic mass is 32.2. The summed E-state index contributed by atoms with van der Waals surface area (Å²) in [5.74, 6) is 3.23. The molecule has 2 rings (SSSR count). The molecule has 2 N–H and O–H groups in total. The Hall–Kier alpha value is -1.65. The zero-order valence-corrected chi connectivity index (χ0v) is 13.5. The molecule has 21 heavy (non-hydrogen) atoms. The lowest BCUT2D eigenvalue weighted by atomic mass is 10.2. The molecule has 0 aromatic heterocycles. The van der Waals surface area contributed by atoms with Crippen LogP contribution in [0.2, 0.25) is 0 Å². The van der Waals surface area contributed by atoms with Gasteiger partial charge in [0.25, 0.3) is 0 Å². The molecule has 0 bridgehead atoms. The Balaban J connectivity index is 2.37. The van der Waals surface area contributed by atoms with Gasteiger partial charge in [-0.2, -0.15) is 0 Å². The number of hydrogen-bond acceptors (Lipinski definition) is 4. The minimum absolute atomic E-state index is 0.451. The summed E-state index contributed by atoms with van der Waals surface area (Å²) in [6, 6.07) is 11.9. The first-order chi connectivity index (χ1) is 10.2. The molecule has 2 aromatic carbocycles. The molecule has 0 radical (unpaired) electrons. The molecule has 3 nitrogen and oxygen atoms in total. The second-order valence-corrected chi connectivity index (χ2v) is 5.93. The van der Waals surface area contributed by atoms with Crippen molar-refractivity contribution in [2.24, 2.45) is 5.73 Å². The fourth-order valence-electron chi connectivity index (χ4n) is 2.11. The Labute approximate surface area is 130 Å². The van der Waals surface area contributed by atoms with Gasteiger partial charge in [0, 0.05) is 17.0 Å². The zero-order chi connectivity index (χ0) is 15.2. The highest BCUT2D eigenvalue weighted by Gasteiger charge is 2.12. The molecular weight excluding hydrogens is 282 g/mol. The third-order valence-corrected chi connectivity index (χ3v) is 4.12. The van der Waals surface area contributed by atoms with Crippen molar-refractivity contribution in [1.29, 1.82) is 0 Å². The van der Waals surface area contributed by atoms with Crippen molar-refractivity contribution in [3.05, 3.63) is 47.5 Å². The molecule has 0 spiro atoms. The van der Waals surface area contributed by atoms with Crippen molar-refractivity contribution >= 4 is 11.8 Å². The Morgan fingerprint density at radius 3 is 2.57 bits per heavy atom. The van der Waals surface area contributed by atoms with E-state index in [2.05, 4.69) is 13.0 Å². The van der Waals surface area contributed by atoms with Crippen LogP contribution in [0.1, 0.15) is 18.1 Å². The monoisotopic (exact) mass is 303 g/mol. The number of ether oxygens (including phenoxy) is 2. The number of nitrogens with two attached hydrogens (primary N) is 1. The molecular formula is C17H21NO2S. The molecule has 0 aliphatic carbocycles. The molecule has 0 atom stereocenters. The summed E-state index contributed by atoms with van der Waals surface area (Å²) in [5, 5.41) is 0. The Kier molecular flexibility index (Phi) is 5.53. The Bertz CT molecular complexity index is 614. The molecule has 0 aliphatic rings. The van der Waals surface area contributed by atoms with E-state index in [0.717, 1.165) is 28.4 Å². The lowest BCUT2D eigenvalue weighted by Gasteiger charge is -2.15. The van der Waals surface area contributed by atoms with Gasteiger partial charge in [-0.05, 0) is 42.5 Å². The molecule has 0 aliphatic heterocycles. The minimum atomic E-state index is 0.451. The Morgan fingerprint density at radius 1 is 1.10 bits per heavy atom. The normalized spacial score (nSPS) is 10.5. The maximum absolute atomic E-state index is 6.05. The third kappa shape index (κ3) is 3.71. The van der Waals surface area contributed by atoms with Crippen molar-refractivity contribution in [2.75, 3.05) is 12.9 Å². The summed E-state index contributed by atoms with van der Waals surface area (Å²) in [7, 11) is 1.65. The third-order valence-electron chi connectivity index (χ3n) is 3.13. The van der Waals surface area contributed by atoms with Crippen LogP contribution in [0.5, 0.6) is 17.2 Å². The first-order valence-electron chi connectivity index (χ1n) is 6.96. The summed E-state index contributed by atoms with van der Waals surface area (Å²) < 4.78 is 11.4. The molecule has 0 unspecified atom stereocenters. The van der Waals surface area contributed by atoms with Gasteiger partial charge in [0.1, 0.15) is 5.75 Å². The number of rotatable bonds is 6. The van der Waals surface area contributed by atoms with E-state index in [1.165, 1.54) is 4.90 Å². The topological polar surface area (TPSA) is 44.5 Å². The molecule has 0 saturated carbocycles. The number of benzene rings is 2. The highest BCUT2D eigenvalue weighted by molar-refractivity contribution is 7.99. The van der Waals surface area contributed by atoms with Crippen molar-refractivity contribution in [3.63, 3.8) is 0 Å². The van der Waals surface area contributed by atoms with Crippen molar-refractivity contribution in [2.45, 2.75) is 25.3 Å². The van der Waals surface area contributed by atoms with Crippen LogP contribution in [-0.4, -0.2) is 12.9 Å². The maximum Gasteiger partial charge on any atom is 0.169 e. The number of hydrogen-bond donors (Lipinski definition) is 1. The molecule has 0 amide bonds. The number of methoxy groups -OCH3 is 1. The molecule has 4 heteroatoms. The van der Waals surface area contributed by atoms with Gasteiger partial charge in [-0.3, -0.25) is 0 Å². The van der Waals surface area contributed by atoms with Crippen LogP contribution in [0.15, 0.2) is 41.3 Å². The van der Waals surface area contributed by atoms with Gasteiger partial charge in [-0.15, -0.1) is 11.8 Å². The second-order valence-electron chi connectivity index (χ2n) is 4.63. The predicted molar refractivity (Wildman–Crippen MR) is 88.5 cm³/mol. The number of thioether (sulfide) groups is 1. The van der Waals surface area contributed by atoms with E-state index in [1.54, 1.807) is 18.9 Å². The average Bonchev–Trinajstić information content (AvgIpc) is 2.49. The van der Waals surface area contributed by atoms with Gasteiger partial charge in [-0.25, -0.2) is 0 Å². The maximum atomic E-state index is 6.05. The summed E-state index contributed by atoms with van der Waals surface area (Å²) in [6.07, 6.45) is 0. The van der Waals surface area contributed by atoms with Crippen LogP contribution in [0.25, 0.3) is 0 Å². The van der Waals surface area contributed by atoms with Crippen molar-refractivity contribution in [1.82, 2.24) is 0 Å². The van der Waals surface area contributed by atoms with Crippen LogP contribution in [0.3, 0.4) is 0 Å². The van der Waals surface area contributed by atoms with Crippen LogP contribution in [0.4, 0.5) is 0 Å². The van der Waals surface area contributed by atoms with Crippen molar-refractivity contribution < 1.29 is 9.47 Å². The van der Waals surface area contributed by atoms with Crippen LogP contribution < -0.4 is 15.2 Å². The average molecular weight is 303 g/mol. The summed E-state index contributed by atoms with van der Waals surface area (Å²) in [6.45, 7) is 4.60. The lowest BCUT2D eigenvalue weighted by molar-refractivity contribution is 0.377. The van der Waals surface area contributed by atoms with Crippen molar-refractivity contribution in [3.8, 4) is 17.2 Å². The van der Waals surface area contributed by atoms with E-state index in [-0.39, 0.29) is 0 Å². The molecule has 0 saturated heterocycles. The smallest absolute Gasteiger partial charge is 0.169 e. The quantitative estimate of drug-likeness (QED) is 0.805. The van der Waals surface area contributed by atoms with Gasteiger partial charge in [-0.1, -0.05) is 19.1 Å². The van der Waals surface area contributed by atoms with Gasteiger partial charge in [0.2, 0.25) is 0 Å². The highest BCUT2D eigenvalue weighted by Crippen LogP contribution is 2.36. The SMILES string of the molecule is CCSc1cccc(Oc2ccc(C)cc2OC)c1CN. The zero-order valence-electron chi connectivity index (χ0n) is 12.7. The van der Waals surface area contributed by atoms with E-state index < -0.39 is 0 Å². The molecule has 0 fully saturated rings. The van der Waals surface area contributed by atoms with E-state index in [0.29, 0.717) is 12.3 Å². The summed E-state index contributed by atoms with van der Waals surface area (Å²) >= 11 is 1.77. The summed E-state index contributed by atoms with van der Waals surface area (Å²) in [4.78, 5) is 1.17. The second kappa shape index (κ2) is 7.38. The van der Waals surface area contributed by atoms with E-state index in [1.807, 2.05) is 37.3 Å². The molecule has 112 valence electrons. The fraction of sp³-hybridized carbons (Fsp3) is 0.294. The first-order valence-corrected chi connectivity index (χ1v) is 7.95. The fourth-order valence-corrected chi connectivity index (χ4v) is 2.95. The minimum Gasteiger partial charge on any atom is -0.493 e. The Morgan fingerprint density at radius 2 is 1.90 bits per heavy atom. The van der Waals surface area contributed by atoms with Gasteiger partial charge < -0.3 is 15.2 Å². The standard InChI is InChI=1S/C17H21NO2S/c1-4-21-17-7-5-6-14(13(17)11-18)20-15-9-8-12(2)10-16(15)19-3/h5-10H,4,11,18H2,1-3H3. The van der Waals surface area contributed by atoms with E-state index in [4.69, 9.17) is 15.2 Å². The van der Waals surface area contributed by atoms with Crippen LogP contribution >= 0.6 is 11.8 Å². The summed E-state index contributed by atoms with van der Waals surface area (Å²) in [5.41, 5.74) is 8.07. The first kappa shape index (κ1) is 15.7. The van der Waals surface area contributed by atoms with E-state index in [9.17, 15) is 0 Å². The molecule has 2 aromatic rings. The largest absolute Gasteiger partial charge is 0.493 e. The molecule has 0 heterocycles. The lowest BCUT2D eigenvalue weighted by Crippen LogP contribution is -2.02. The van der Waals surface area contributed by atoms with Gasteiger partial charge in [0.15, 0.2) is 11.5 Å². The van der Waals surface area contributed by atoms with Crippen LogP contribution in [-0.2, 0) is 6.54 Å². The van der Waals surface area contributed by atoms with E-state index >= 15 is 0 Å². The number of aryl methyl sites for hydroxylation is 1.